The summed E-state index contributed by atoms with van der Waals surface area (Å²) in [4.78, 5) is 14.0. The van der Waals surface area contributed by atoms with E-state index in [1.807, 2.05) is 56.3 Å². The molecule has 0 unspecified atom stereocenters. The second kappa shape index (κ2) is 9.89. The monoisotopic (exact) mass is 475 g/mol. The number of benzene rings is 1. The van der Waals surface area contributed by atoms with Crippen molar-refractivity contribution in [3.05, 3.63) is 58.3 Å². The molecule has 152 valence electrons. The van der Waals surface area contributed by atoms with Crippen LogP contribution in [0.5, 0.6) is 5.75 Å². The van der Waals surface area contributed by atoms with Gasteiger partial charge in [-0.2, -0.15) is 5.10 Å². The number of nitrogens with zero attached hydrogens (tertiary/aromatic N) is 5. The average Bonchev–Trinajstić information content (AvgIpc) is 3.06. The molecule has 2 heterocycles. The number of likely N-dealkylation sites (N-methyl/N-ethyl adjacent to an activating group) is 1. The lowest BCUT2D eigenvalue weighted by Crippen LogP contribution is -2.32. The number of rotatable bonds is 8. The third kappa shape index (κ3) is 6.04. The highest BCUT2D eigenvalue weighted by Gasteiger charge is 2.11. The number of thioether (sulfide) groups is 1. The zero-order valence-corrected chi connectivity index (χ0v) is 18.9. The molecule has 0 aliphatic carbocycles. The number of carbonyl (C=O) groups excluding carboxylic acids is 1. The fourth-order valence-electron chi connectivity index (χ4n) is 2.57. The predicted octanol–water partition coefficient (Wildman–Crippen LogP) is 3.67. The van der Waals surface area contributed by atoms with Crippen molar-refractivity contribution in [2.24, 2.45) is 0 Å². The summed E-state index contributed by atoms with van der Waals surface area (Å²) < 4.78 is 8.41. The Morgan fingerprint density at radius 3 is 2.55 bits per heavy atom. The van der Waals surface area contributed by atoms with E-state index in [-0.39, 0.29) is 5.91 Å². The van der Waals surface area contributed by atoms with Crippen LogP contribution in [-0.4, -0.2) is 56.7 Å². The third-order valence-electron chi connectivity index (χ3n) is 4.13. The van der Waals surface area contributed by atoms with E-state index < -0.39 is 0 Å². The summed E-state index contributed by atoms with van der Waals surface area (Å²) in [6.45, 7) is 4.86. The number of carbonyl (C=O) groups is 1. The molecule has 0 fully saturated rings. The summed E-state index contributed by atoms with van der Waals surface area (Å²) in [5.41, 5.74) is 1.93. The lowest BCUT2D eigenvalue weighted by molar-refractivity contribution is -0.127. The van der Waals surface area contributed by atoms with Gasteiger partial charge in [-0.3, -0.25) is 4.79 Å². The summed E-state index contributed by atoms with van der Waals surface area (Å²) in [6.07, 6.45) is 0. The minimum Gasteiger partial charge on any atom is -0.492 e. The first kappa shape index (κ1) is 21.3. The fourth-order valence-corrected chi connectivity index (χ4v) is 3.58. The molecule has 3 aromatic rings. The molecule has 3 rings (SSSR count). The molecule has 0 bridgehead atoms. The SMILES string of the molecule is Cc1cc(C)n(-c2ccc(SCC(=O)N(C)CCOc3ccc(Br)cc3)nn2)n1. The van der Waals surface area contributed by atoms with Crippen molar-refractivity contribution >= 4 is 33.6 Å². The van der Waals surface area contributed by atoms with Gasteiger partial charge in [0.15, 0.2) is 5.82 Å². The van der Waals surface area contributed by atoms with E-state index in [9.17, 15) is 4.79 Å². The van der Waals surface area contributed by atoms with Crippen LogP contribution in [0.2, 0.25) is 0 Å². The Morgan fingerprint density at radius 2 is 1.93 bits per heavy atom. The summed E-state index contributed by atoms with van der Waals surface area (Å²) in [6, 6.07) is 13.3. The molecule has 2 aromatic heterocycles. The summed E-state index contributed by atoms with van der Waals surface area (Å²) >= 11 is 4.75. The number of amides is 1. The Morgan fingerprint density at radius 1 is 1.17 bits per heavy atom. The molecule has 0 radical (unpaired) electrons. The van der Waals surface area contributed by atoms with Crippen LogP contribution in [-0.2, 0) is 4.79 Å². The van der Waals surface area contributed by atoms with Crippen molar-refractivity contribution < 1.29 is 9.53 Å². The number of ether oxygens (including phenoxy) is 1. The van der Waals surface area contributed by atoms with Gasteiger partial charge >= 0.3 is 0 Å². The van der Waals surface area contributed by atoms with Crippen LogP contribution in [0.1, 0.15) is 11.4 Å². The van der Waals surface area contributed by atoms with Crippen LogP contribution >= 0.6 is 27.7 Å². The van der Waals surface area contributed by atoms with Gasteiger partial charge in [0, 0.05) is 17.2 Å². The maximum atomic E-state index is 12.3. The van der Waals surface area contributed by atoms with E-state index in [1.165, 1.54) is 11.8 Å². The zero-order chi connectivity index (χ0) is 20.8. The van der Waals surface area contributed by atoms with E-state index in [4.69, 9.17) is 4.74 Å². The number of aryl methyl sites for hydroxylation is 2. The minimum absolute atomic E-state index is 0.0128. The van der Waals surface area contributed by atoms with Gasteiger partial charge in [-0.1, -0.05) is 27.7 Å². The molecular formula is C20H22BrN5O2S. The third-order valence-corrected chi connectivity index (χ3v) is 5.56. The van der Waals surface area contributed by atoms with Gasteiger partial charge in [0.05, 0.1) is 18.0 Å². The highest BCUT2D eigenvalue weighted by Crippen LogP contribution is 2.17. The second-order valence-electron chi connectivity index (χ2n) is 6.48. The number of halogens is 1. The molecule has 0 aliphatic heterocycles. The molecule has 0 spiro atoms. The molecule has 29 heavy (non-hydrogen) atoms. The maximum absolute atomic E-state index is 12.3. The molecule has 0 atom stereocenters. The summed E-state index contributed by atoms with van der Waals surface area (Å²) in [7, 11) is 1.77. The largest absolute Gasteiger partial charge is 0.492 e. The Labute approximate surface area is 182 Å². The van der Waals surface area contributed by atoms with Crippen LogP contribution < -0.4 is 4.74 Å². The lowest BCUT2D eigenvalue weighted by atomic mass is 10.3. The van der Waals surface area contributed by atoms with E-state index in [0.717, 1.165) is 21.6 Å². The Balaban J connectivity index is 1.44. The smallest absolute Gasteiger partial charge is 0.232 e. The highest BCUT2D eigenvalue weighted by molar-refractivity contribution is 9.10. The highest BCUT2D eigenvalue weighted by atomic mass is 79.9. The van der Waals surface area contributed by atoms with Crippen molar-refractivity contribution in [1.82, 2.24) is 24.9 Å². The van der Waals surface area contributed by atoms with E-state index >= 15 is 0 Å². The minimum atomic E-state index is 0.0128. The standard InChI is InChI=1S/C20H22BrN5O2S/c1-14-12-15(2)26(24-14)18-8-9-19(23-22-18)29-13-20(27)25(3)10-11-28-17-6-4-16(21)5-7-17/h4-9,12H,10-11,13H2,1-3H3. The van der Waals surface area contributed by atoms with Crippen molar-refractivity contribution in [3.63, 3.8) is 0 Å². The number of aromatic nitrogens is 4. The van der Waals surface area contributed by atoms with Crippen LogP contribution in [0.15, 0.2) is 52.0 Å². The van der Waals surface area contributed by atoms with Gasteiger partial charge in [-0.15, -0.1) is 10.2 Å². The van der Waals surface area contributed by atoms with Crippen molar-refractivity contribution in [2.75, 3.05) is 26.0 Å². The van der Waals surface area contributed by atoms with E-state index in [1.54, 1.807) is 16.6 Å². The van der Waals surface area contributed by atoms with Crippen LogP contribution in [0, 0.1) is 13.8 Å². The molecule has 9 heteroatoms. The van der Waals surface area contributed by atoms with Gasteiger partial charge < -0.3 is 9.64 Å². The number of hydrogen-bond acceptors (Lipinski definition) is 6. The van der Waals surface area contributed by atoms with Crippen molar-refractivity contribution in [2.45, 2.75) is 18.9 Å². The Bertz CT molecular complexity index is 960. The zero-order valence-electron chi connectivity index (χ0n) is 16.5. The number of hydrogen-bond donors (Lipinski definition) is 0. The summed E-state index contributed by atoms with van der Waals surface area (Å²) in [5.74, 6) is 1.75. The van der Waals surface area contributed by atoms with Gasteiger partial charge in [0.25, 0.3) is 0 Å². The molecule has 1 amide bonds. The molecule has 0 N–H and O–H groups in total. The molecular weight excluding hydrogens is 454 g/mol. The normalized spacial score (nSPS) is 10.8. The van der Waals surface area contributed by atoms with E-state index in [0.29, 0.717) is 29.7 Å². The van der Waals surface area contributed by atoms with Gasteiger partial charge in [0.2, 0.25) is 5.91 Å². The summed E-state index contributed by atoms with van der Waals surface area (Å²) in [5, 5.41) is 13.5. The predicted molar refractivity (Wildman–Crippen MR) is 117 cm³/mol. The van der Waals surface area contributed by atoms with Gasteiger partial charge in [-0.05, 0) is 56.3 Å². The average molecular weight is 476 g/mol. The fraction of sp³-hybridized carbons (Fsp3) is 0.300. The van der Waals surface area contributed by atoms with Crippen molar-refractivity contribution in [3.8, 4) is 11.6 Å². The maximum Gasteiger partial charge on any atom is 0.232 e. The first-order chi connectivity index (χ1) is 13.9. The second-order valence-corrected chi connectivity index (χ2v) is 8.39. The Hall–Kier alpha value is -2.39. The van der Waals surface area contributed by atoms with Crippen molar-refractivity contribution in [1.29, 1.82) is 0 Å². The quantitative estimate of drug-likeness (QED) is 0.462. The Kier molecular flexibility index (Phi) is 7.27. The molecule has 7 nitrogen and oxygen atoms in total. The first-order valence-corrected chi connectivity index (χ1v) is 10.8. The molecule has 0 saturated heterocycles. The van der Waals surface area contributed by atoms with Crippen LogP contribution in [0.4, 0.5) is 0 Å². The van der Waals surface area contributed by atoms with Crippen LogP contribution in [0.3, 0.4) is 0 Å². The van der Waals surface area contributed by atoms with Gasteiger partial charge in [-0.25, -0.2) is 4.68 Å². The topological polar surface area (TPSA) is 73.1 Å². The molecule has 1 aromatic carbocycles. The first-order valence-electron chi connectivity index (χ1n) is 9.05. The van der Waals surface area contributed by atoms with Gasteiger partial charge in [0.1, 0.15) is 17.4 Å². The molecule has 0 aliphatic rings. The van der Waals surface area contributed by atoms with Crippen LogP contribution in [0.25, 0.3) is 5.82 Å². The van der Waals surface area contributed by atoms with E-state index in [2.05, 4.69) is 31.2 Å². The lowest BCUT2D eigenvalue weighted by Gasteiger charge is -2.17. The molecule has 0 saturated carbocycles.